The lowest BCUT2D eigenvalue weighted by Gasteiger charge is -2.28. The molecule has 2 aromatic carbocycles. The van der Waals surface area contributed by atoms with Gasteiger partial charge in [-0.2, -0.15) is 0 Å². The highest BCUT2D eigenvalue weighted by molar-refractivity contribution is 5.99. The number of carbonyl (C=O) groups is 3. The monoisotopic (exact) mass is 563 g/mol. The van der Waals surface area contributed by atoms with E-state index >= 15 is 0 Å². The van der Waals surface area contributed by atoms with Crippen molar-refractivity contribution in [3.8, 4) is 23.0 Å². The second-order valence-corrected chi connectivity index (χ2v) is 9.78. The SMILES string of the molecule is COc1ccc(C(c2ccc(OC)cc2)C(C)NC(=O)C(C)NC(=O)c2nccc(OC)c2OC(=O)C(C)C)cc1. The third-order valence-corrected chi connectivity index (χ3v) is 6.54. The number of hydrogen-bond donors (Lipinski definition) is 2. The van der Waals surface area contributed by atoms with Crippen molar-refractivity contribution < 1.29 is 33.3 Å². The standard InChI is InChI=1S/C31H37N3O7/c1-18(2)31(37)41-28-25(40-7)16-17-32-27(28)30(36)34-20(4)29(35)33-19(3)26(21-8-12-23(38-5)13-9-21)22-10-14-24(39-6)15-11-22/h8-20,26H,1-7H3,(H,33,35)(H,34,36). The normalized spacial score (nSPS) is 12.3. The maximum atomic E-state index is 13.3. The Morgan fingerprint density at radius 2 is 1.27 bits per heavy atom. The Kier molecular flexibility index (Phi) is 10.7. The van der Waals surface area contributed by atoms with Gasteiger partial charge in [0.05, 0.1) is 27.2 Å². The summed E-state index contributed by atoms with van der Waals surface area (Å²) in [4.78, 5) is 42.8. The molecule has 0 aliphatic carbocycles. The van der Waals surface area contributed by atoms with Crippen LogP contribution in [0.2, 0.25) is 0 Å². The van der Waals surface area contributed by atoms with E-state index < -0.39 is 29.7 Å². The van der Waals surface area contributed by atoms with Crippen molar-refractivity contribution in [3.05, 3.63) is 77.6 Å². The summed E-state index contributed by atoms with van der Waals surface area (Å²) >= 11 is 0. The van der Waals surface area contributed by atoms with E-state index in [9.17, 15) is 14.4 Å². The van der Waals surface area contributed by atoms with Gasteiger partial charge in [-0.05, 0) is 49.2 Å². The first-order valence-corrected chi connectivity index (χ1v) is 13.2. The zero-order valence-corrected chi connectivity index (χ0v) is 24.4. The summed E-state index contributed by atoms with van der Waals surface area (Å²) in [6.07, 6.45) is 1.36. The van der Waals surface area contributed by atoms with Crippen LogP contribution < -0.4 is 29.6 Å². The molecule has 2 N–H and O–H groups in total. The van der Waals surface area contributed by atoms with Gasteiger partial charge in [-0.25, -0.2) is 4.98 Å². The van der Waals surface area contributed by atoms with Gasteiger partial charge in [0, 0.05) is 24.2 Å². The summed E-state index contributed by atoms with van der Waals surface area (Å²) in [6.45, 7) is 6.81. The Balaban J connectivity index is 1.80. The summed E-state index contributed by atoms with van der Waals surface area (Å²) in [5.41, 5.74) is 1.77. The molecule has 3 rings (SSSR count). The molecule has 0 saturated heterocycles. The molecule has 0 radical (unpaired) electrons. The molecule has 0 bridgehead atoms. The van der Waals surface area contributed by atoms with Gasteiger partial charge in [-0.15, -0.1) is 0 Å². The first-order chi connectivity index (χ1) is 19.6. The number of rotatable bonds is 12. The highest BCUT2D eigenvalue weighted by Crippen LogP contribution is 2.32. The molecule has 41 heavy (non-hydrogen) atoms. The molecule has 1 aromatic heterocycles. The highest BCUT2D eigenvalue weighted by Gasteiger charge is 2.28. The number of nitrogens with one attached hydrogen (secondary N) is 2. The first-order valence-electron chi connectivity index (χ1n) is 13.2. The van der Waals surface area contributed by atoms with Gasteiger partial charge in [0.25, 0.3) is 5.91 Å². The molecule has 10 heteroatoms. The molecule has 2 unspecified atom stereocenters. The zero-order chi connectivity index (χ0) is 30.1. The fraction of sp³-hybridized carbons (Fsp3) is 0.355. The van der Waals surface area contributed by atoms with Crippen molar-refractivity contribution in [3.63, 3.8) is 0 Å². The van der Waals surface area contributed by atoms with Crippen LogP contribution in [0.5, 0.6) is 23.0 Å². The number of pyridine rings is 1. The average molecular weight is 564 g/mol. The van der Waals surface area contributed by atoms with Crippen LogP contribution in [0.15, 0.2) is 60.8 Å². The Hall–Kier alpha value is -4.60. The third-order valence-electron chi connectivity index (χ3n) is 6.54. The predicted molar refractivity (Wildman–Crippen MR) is 154 cm³/mol. The topological polar surface area (TPSA) is 125 Å². The van der Waals surface area contributed by atoms with Crippen LogP contribution in [-0.2, 0) is 9.59 Å². The van der Waals surface area contributed by atoms with Gasteiger partial charge >= 0.3 is 5.97 Å². The fourth-order valence-corrected chi connectivity index (χ4v) is 4.23. The van der Waals surface area contributed by atoms with Gasteiger partial charge in [0.1, 0.15) is 17.5 Å². The third kappa shape index (κ3) is 7.75. The van der Waals surface area contributed by atoms with Crippen molar-refractivity contribution in [1.29, 1.82) is 0 Å². The zero-order valence-electron chi connectivity index (χ0n) is 24.4. The number of methoxy groups -OCH3 is 3. The van der Waals surface area contributed by atoms with Crippen LogP contribution in [0.1, 0.15) is 55.2 Å². The van der Waals surface area contributed by atoms with Crippen molar-refractivity contribution >= 4 is 17.8 Å². The molecule has 218 valence electrons. The molecular weight excluding hydrogens is 526 g/mol. The van der Waals surface area contributed by atoms with E-state index in [1.165, 1.54) is 19.4 Å². The minimum Gasteiger partial charge on any atom is -0.497 e. The fourth-order valence-electron chi connectivity index (χ4n) is 4.23. The molecule has 2 amide bonds. The Morgan fingerprint density at radius 3 is 1.73 bits per heavy atom. The van der Waals surface area contributed by atoms with E-state index in [2.05, 4.69) is 15.6 Å². The number of carbonyl (C=O) groups excluding carboxylic acids is 3. The lowest BCUT2D eigenvalue weighted by Crippen LogP contribution is -2.49. The maximum absolute atomic E-state index is 13.3. The molecule has 0 aliphatic rings. The maximum Gasteiger partial charge on any atom is 0.313 e. The minimum absolute atomic E-state index is 0.105. The van der Waals surface area contributed by atoms with Gasteiger partial charge in [-0.1, -0.05) is 38.1 Å². The lowest BCUT2D eigenvalue weighted by molar-refractivity contribution is -0.137. The summed E-state index contributed by atoms with van der Waals surface area (Å²) in [5, 5.41) is 5.68. The van der Waals surface area contributed by atoms with Crippen molar-refractivity contribution in [2.45, 2.75) is 45.7 Å². The number of ether oxygens (including phenoxy) is 4. The largest absolute Gasteiger partial charge is 0.497 e. The molecular formula is C31H37N3O7. The van der Waals surface area contributed by atoms with E-state index in [-0.39, 0.29) is 29.2 Å². The molecule has 0 aliphatic heterocycles. The number of benzene rings is 2. The average Bonchev–Trinajstić information content (AvgIpc) is 2.97. The van der Waals surface area contributed by atoms with Crippen LogP contribution in [-0.4, -0.2) is 56.2 Å². The molecule has 0 spiro atoms. The van der Waals surface area contributed by atoms with Gasteiger partial charge in [-0.3, -0.25) is 14.4 Å². The van der Waals surface area contributed by atoms with Gasteiger partial charge < -0.3 is 29.6 Å². The van der Waals surface area contributed by atoms with E-state index in [4.69, 9.17) is 18.9 Å². The van der Waals surface area contributed by atoms with Crippen LogP contribution in [0.4, 0.5) is 0 Å². The number of hydrogen-bond acceptors (Lipinski definition) is 8. The summed E-state index contributed by atoms with van der Waals surface area (Å²) in [6, 6.07) is 15.5. The van der Waals surface area contributed by atoms with E-state index in [0.29, 0.717) is 0 Å². The van der Waals surface area contributed by atoms with Crippen LogP contribution in [0.25, 0.3) is 0 Å². The Labute approximate surface area is 240 Å². The highest BCUT2D eigenvalue weighted by atomic mass is 16.6. The molecule has 2 atom stereocenters. The van der Waals surface area contributed by atoms with E-state index in [1.807, 2.05) is 55.5 Å². The quantitative estimate of drug-likeness (QED) is 0.315. The molecule has 0 saturated carbocycles. The molecule has 10 nitrogen and oxygen atoms in total. The predicted octanol–water partition coefficient (Wildman–Crippen LogP) is 4.12. The summed E-state index contributed by atoms with van der Waals surface area (Å²) < 4.78 is 21.3. The van der Waals surface area contributed by atoms with Crippen LogP contribution in [0, 0.1) is 5.92 Å². The second kappa shape index (κ2) is 14.2. The minimum atomic E-state index is -0.931. The molecule has 0 fully saturated rings. The van der Waals surface area contributed by atoms with Gasteiger partial charge in [0.15, 0.2) is 11.4 Å². The van der Waals surface area contributed by atoms with Gasteiger partial charge in [0.2, 0.25) is 11.7 Å². The Bertz CT molecular complexity index is 1290. The van der Waals surface area contributed by atoms with Crippen molar-refractivity contribution in [2.75, 3.05) is 21.3 Å². The van der Waals surface area contributed by atoms with Crippen LogP contribution >= 0.6 is 0 Å². The second-order valence-electron chi connectivity index (χ2n) is 9.78. The first kappa shape index (κ1) is 30.9. The van der Waals surface area contributed by atoms with E-state index in [0.717, 1.165) is 22.6 Å². The van der Waals surface area contributed by atoms with Crippen molar-refractivity contribution in [2.24, 2.45) is 5.92 Å². The molecule has 1 heterocycles. The summed E-state index contributed by atoms with van der Waals surface area (Å²) in [7, 11) is 4.60. The number of amides is 2. The van der Waals surface area contributed by atoms with E-state index in [1.54, 1.807) is 35.0 Å². The Morgan fingerprint density at radius 1 is 0.732 bits per heavy atom. The summed E-state index contributed by atoms with van der Waals surface area (Å²) in [5.74, 6) is -0.771. The number of nitrogens with zero attached hydrogens (tertiary/aromatic N) is 1. The van der Waals surface area contributed by atoms with Crippen LogP contribution in [0.3, 0.4) is 0 Å². The number of aromatic nitrogens is 1. The van der Waals surface area contributed by atoms with Crippen molar-refractivity contribution in [1.82, 2.24) is 15.6 Å². The smallest absolute Gasteiger partial charge is 0.313 e. The molecule has 3 aromatic rings. The number of esters is 1. The lowest BCUT2D eigenvalue weighted by atomic mass is 9.85.